The molecular weight excluding hydrogens is 803 g/mol. The second kappa shape index (κ2) is 54.7. The Morgan fingerprint density at radius 3 is 1.23 bits per heavy atom. The van der Waals surface area contributed by atoms with Crippen LogP contribution in [0.3, 0.4) is 0 Å². The fraction of sp³-hybridized carbons (Fsp3) is 0.864. The Kier molecular flexibility index (Phi) is 53.1. The third-order valence-corrected chi connectivity index (χ3v) is 13.2. The molecule has 0 aromatic heterocycles. The highest BCUT2D eigenvalue weighted by atomic mass is 16.5. The summed E-state index contributed by atoms with van der Waals surface area (Å²) in [6.07, 6.45) is 67.1. The van der Waals surface area contributed by atoms with Crippen molar-refractivity contribution in [1.82, 2.24) is 5.32 Å². The number of aliphatic hydroxyl groups excluding tert-OH is 2. The number of allylic oxidation sites excluding steroid dienone is 6. The van der Waals surface area contributed by atoms with E-state index in [1.54, 1.807) is 0 Å². The molecule has 0 radical (unpaired) electrons. The molecule has 0 saturated carbocycles. The highest BCUT2D eigenvalue weighted by Gasteiger charge is 2.20. The van der Waals surface area contributed by atoms with Crippen LogP contribution in [0.4, 0.5) is 0 Å². The Morgan fingerprint density at radius 2 is 0.785 bits per heavy atom. The van der Waals surface area contributed by atoms with Gasteiger partial charge < -0.3 is 20.3 Å². The number of aliphatic hydroxyl groups is 2. The molecule has 0 saturated heterocycles. The summed E-state index contributed by atoms with van der Waals surface area (Å²) in [6.45, 7) is 4.85. The van der Waals surface area contributed by atoms with Crippen LogP contribution >= 0.6 is 0 Å². The molecule has 6 nitrogen and oxygen atoms in total. The van der Waals surface area contributed by atoms with E-state index in [0.29, 0.717) is 25.9 Å². The maximum Gasteiger partial charge on any atom is 0.305 e. The highest BCUT2D eigenvalue weighted by molar-refractivity contribution is 5.76. The van der Waals surface area contributed by atoms with E-state index in [-0.39, 0.29) is 18.5 Å². The predicted octanol–water partition coefficient (Wildman–Crippen LogP) is 17.6. The molecule has 0 heterocycles. The van der Waals surface area contributed by atoms with Crippen molar-refractivity contribution in [2.75, 3.05) is 13.2 Å². The Balaban J connectivity index is 3.53. The number of amides is 1. The Bertz CT molecular complexity index is 1060. The molecule has 382 valence electrons. The van der Waals surface area contributed by atoms with E-state index in [1.165, 1.54) is 186 Å². The molecule has 0 aromatic carbocycles. The van der Waals surface area contributed by atoms with E-state index in [4.69, 9.17) is 4.74 Å². The van der Waals surface area contributed by atoms with Gasteiger partial charge in [0.05, 0.1) is 25.4 Å². The van der Waals surface area contributed by atoms with E-state index in [0.717, 1.165) is 83.5 Å². The summed E-state index contributed by atoms with van der Waals surface area (Å²) in [6, 6.07) is -0.582. The van der Waals surface area contributed by atoms with Gasteiger partial charge in [0.25, 0.3) is 0 Å². The first-order chi connectivity index (χ1) is 32.0. The number of ether oxygens (including phenoxy) is 1. The van der Waals surface area contributed by atoms with Crippen molar-refractivity contribution in [1.29, 1.82) is 0 Å². The Labute approximate surface area is 404 Å². The molecule has 0 aromatic rings. The van der Waals surface area contributed by atoms with Crippen LogP contribution in [0, 0.1) is 0 Å². The molecule has 2 unspecified atom stereocenters. The molecular formula is C59H111NO5. The molecule has 0 aliphatic heterocycles. The van der Waals surface area contributed by atoms with Gasteiger partial charge in [-0.05, 0) is 77.0 Å². The summed E-state index contributed by atoms with van der Waals surface area (Å²) in [5, 5.41) is 23.3. The summed E-state index contributed by atoms with van der Waals surface area (Å²) >= 11 is 0. The van der Waals surface area contributed by atoms with Crippen LogP contribution in [0.25, 0.3) is 0 Å². The van der Waals surface area contributed by atoms with Gasteiger partial charge in [0.1, 0.15) is 0 Å². The van der Waals surface area contributed by atoms with Gasteiger partial charge in [-0.25, -0.2) is 0 Å². The lowest BCUT2D eigenvalue weighted by Gasteiger charge is -2.22. The minimum Gasteiger partial charge on any atom is -0.466 e. The van der Waals surface area contributed by atoms with Gasteiger partial charge in [-0.15, -0.1) is 0 Å². The topological polar surface area (TPSA) is 95.9 Å². The molecule has 0 bridgehead atoms. The van der Waals surface area contributed by atoms with Crippen LogP contribution in [-0.4, -0.2) is 47.4 Å². The lowest BCUT2D eigenvalue weighted by molar-refractivity contribution is -0.143. The molecule has 0 spiro atoms. The molecule has 0 aliphatic rings. The van der Waals surface area contributed by atoms with Crippen LogP contribution in [0.5, 0.6) is 0 Å². The average molecular weight is 915 g/mol. The molecule has 0 rings (SSSR count). The summed E-state index contributed by atoms with van der Waals surface area (Å²) < 4.78 is 5.44. The fourth-order valence-corrected chi connectivity index (χ4v) is 8.73. The zero-order valence-electron chi connectivity index (χ0n) is 43.5. The maximum absolute atomic E-state index is 12.5. The van der Waals surface area contributed by atoms with Crippen molar-refractivity contribution in [3.05, 3.63) is 36.5 Å². The number of carbonyl (C=O) groups is 2. The molecule has 3 N–H and O–H groups in total. The standard InChI is InChI=1S/C59H111NO5/c1-3-5-7-9-11-13-15-17-19-21-22-23-24-25-26-27-28-30-32-35-39-43-47-51-57(62)56(55-61)60-58(63)52-48-44-40-36-34-38-42-46-50-54-65-59(64)53-49-45-41-37-33-31-29-20-18-16-14-12-10-8-6-4-2/h14,16,20,29,36,40,56-57,61-62H,3-13,15,17-19,21-28,30-35,37-39,41-55H2,1-2H3,(H,60,63)/b16-14-,29-20-,40-36-. The number of carbonyl (C=O) groups excluding carboxylic acids is 2. The van der Waals surface area contributed by atoms with Crippen LogP contribution < -0.4 is 5.32 Å². The fourth-order valence-electron chi connectivity index (χ4n) is 8.73. The Morgan fingerprint density at radius 1 is 0.431 bits per heavy atom. The lowest BCUT2D eigenvalue weighted by atomic mass is 10.0. The van der Waals surface area contributed by atoms with Crippen molar-refractivity contribution in [3.8, 4) is 0 Å². The number of rotatable bonds is 53. The minimum absolute atomic E-state index is 0.0485. The van der Waals surface area contributed by atoms with Gasteiger partial charge >= 0.3 is 5.97 Å². The first-order valence-corrected chi connectivity index (χ1v) is 28.7. The minimum atomic E-state index is -0.698. The largest absolute Gasteiger partial charge is 0.466 e. The quantitative estimate of drug-likeness (QED) is 0.0321. The molecule has 6 heteroatoms. The van der Waals surface area contributed by atoms with Crippen LogP contribution in [-0.2, 0) is 14.3 Å². The molecule has 2 atom stereocenters. The van der Waals surface area contributed by atoms with E-state index in [9.17, 15) is 19.8 Å². The van der Waals surface area contributed by atoms with Crippen molar-refractivity contribution in [3.63, 3.8) is 0 Å². The normalized spacial score (nSPS) is 12.9. The van der Waals surface area contributed by atoms with E-state index in [1.807, 2.05) is 0 Å². The summed E-state index contributed by atoms with van der Waals surface area (Å²) in [4.78, 5) is 24.5. The van der Waals surface area contributed by atoms with Gasteiger partial charge in [0, 0.05) is 12.8 Å². The smallest absolute Gasteiger partial charge is 0.305 e. The highest BCUT2D eigenvalue weighted by Crippen LogP contribution is 2.17. The van der Waals surface area contributed by atoms with Crippen LogP contribution in [0.1, 0.15) is 303 Å². The van der Waals surface area contributed by atoms with Gasteiger partial charge in [0.2, 0.25) is 5.91 Å². The monoisotopic (exact) mass is 914 g/mol. The van der Waals surface area contributed by atoms with Gasteiger partial charge in [-0.3, -0.25) is 9.59 Å². The maximum atomic E-state index is 12.5. The van der Waals surface area contributed by atoms with Crippen molar-refractivity contribution in [2.24, 2.45) is 0 Å². The number of nitrogens with one attached hydrogen (secondary N) is 1. The van der Waals surface area contributed by atoms with Crippen molar-refractivity contribution < 1.29 is 24.5 Å². The first kappa shape index (κ1) is 63.1. The number of hydrogen-bond acceptors (Lipinski definition) is 5. The van der Waals surface area contributed by atoms with E-state index < -0.39 is 12.1 Å². The van der Waals surface area contributed by atoms with Crippen LogP contribution in [0.15, 0.2) is 36.5 Å². The zero-order chi connectivity index (χ0) is 47.2. The second-order valence-electron chi connectivity index (χ2n) is 19.6. The van der Waals surface area contributed by atoms with E-state index in [2.05, 4.69) is 55.6 Å². The summed E-state index contributed by atoms with van der Waals surface area (Å²) in [5.74, 6) is -0.143. The molecule has 0 aliphatic carbocycles. The number of hydrogen-bond donors (Lipinski definition) is 3. The molecule has 1 amide bonds. The molecule has 0 fully saturated rings. The average Bonchev–Trinajstić information content (AvgIpc) is 3.31. The summed E-state index contributed by atoms with van der Waals surface area (Å²) in [5.41, 5.74) is 0. The van der Waals surface area contributed by atoms with Gasteiger partial charge in [-0.2, -0.15) is 0 Å². The third-order valence-electron chi connectivity index (χ3n) is 13.2. The SMILES string of the molecule is CCCCCC/C=C\C/C=C\CCCCCCCC(=O)OCCCCCC/C=C\CCCC(=O)NC(CO)C(O)CCCCCCCCCCCCCCCCCCCCCCCCC. The van der Waals surface area contributed by atoms with E-state index >= 15 is 0 Å². The van der Waals surface area contributed by atoms with Crippen molar-refractivity contribution >= 4 is 11.9 Å². The number of esters is 1. The first-order valence-electron chi connectivity index (χ1n) is 28.7. The summed E-state index contributed by atoms with van der Waals surface area (Å²) in [7, 11) is 0. The molecule has 65 heavy (non-hydrogen) atoms. The second-order valence-corrected chi connectivity index (χ2v) is 19.6. The third kappa shape index (κ3) is 51.3. The number of unbranched alkanes of at least 4 members (excludes halogenated alkanes) is 36. The van der Waals surface area contributed by atoms with Crippen LogP contribution in [0.2, 0.25) is 0 Å². The predicted molar refractivity (Wildman–Crippen MR) is 283 cm³/mol. The Hall–Kier alpha value is -1.92. The van der Waals surface area contributed by atoms with Gasteiger partial charge in [-0.1, -0.05) is 249 Å². The van der Waals surface area contributed by atoms with Gasteiger partial charge in [0.15, 0.2) is 0 Å². The van der Waals surface area contributed by atoms with Crippen molar-refractivity contribution in [2.45, 2.75) is 315 Å². The zero-order valence-corrected chi connectivity index (χ0v) is 43.5. The lowest BCUT2D eigenvalue weighted by Crippen LogP contribution is -2.45.